The minimum atomic E-state index is 0.409. The Balaban J connectivity index is 2.22. The SMILES string of the molecule is Cc1ccc(-c2cnc(C(C)C)[nH]2)c2ccncc12. The van der Waals surface area contributed by atoms with Gasteiger partial charge in [0.25, 0.3) is 0 Å². The molecule has 0 spiro atoms. The van der Waals surface area contributed by atoms with Crippen molar-refractivity contribution in [3.05, 3.63) is 48.2 Å². The molecule has 0 saturated carbocycles. The maximum Gasteiger partial charge on any atom is 0.109 e. The van der Waals surface area contributed by atoms with Crippen LogP contribution in [0.4, 0.5) is 0 Å². The molecule has 3 heteroatoms. The summed E-state index contributed by atoms with van der Waals surface area (Å²) >= 11 is 0. The number of aryl methyl sites for hydroxylation is 1. The summed E-state index contributed by atoms with van der Waals surface area (Å²) in [5.41, 5.74) is 3.50. The quantitative estimate of drug-likeness (QED) is 0.746. The molecule has 0 saturated heterocycles. The van der Waals surface area contributed by atoms with Crippen LogP contribution in [0.15, 0.2) is 36.8 Å². The average molecular weight is 251 g/mol. The number of aromatic amines is 1. The molecule has 0 aliphatic carbocycles. The fourth-order valence-electron chi connectivity index (χ4n) is 2.33. The van der Waals surface area contributed by atoms with E-state index in [-0.39, 0.29) is 0 Å². The number of H-pyrrole nitrogens is 1. The van der Waals surface area contributed by atoms with E-state index in [2.05, 4.69) is 53.9 Å². The van der Waals surface area contributed by atoms with Crippen molar-refractivity contribution in [2.75, 3.05) is 0 Å². The molecule has 0 unspecified atom stereocenters. The molecule has 2 heterocycles. The van der Waals surface area contributed by atoms with E-state index in [1.807, 2.05) is 18.6 Å². The van der Waals surface area contributed by atoms with Gasteiger partial charge in [0.15, 0.2) is 0 Å². The third-order valence-corrected chi connectivity index (χ3v) is 3.47. The largest absolute Gasteiger partial charge is 0.342 e. The molecule has 0 atom stereocenters. The molecule has 0 fully saturated rings. The van der Waals surface area contributed by atoms with E-state index in [0.29, 0.717) is 5.92 Å². The van der Waals surface area contributed by atoms with E-state index in [9.17, 15) is 0 Å². The van der Waals surface area contributed by atoms with Crippen LogP contribution in [-0.2, 0) is 0 Å². The monoisotopic (exact) mass is 251 g/mol. The standard InChI is InChI=1S/C16H17N3/c1-10(2)16-18-9-15(19-16)13-5-4-11(3)14-8-17-7-6-12(13)14/h4-10H,1-3H3,(H,18,19). The number of imidazole rings is 1. The van der Waals surface area contributed by atoms with Crippen LogP contribution in [0.1, 0.15) is 31.2 Å². The number of fused-ring (bicyclic) bond motifs is 1. The Morgan fingerprint density at radius 2 is 1.89 bits per heavy atom. The van der Waals surface area contributed by atoms with Crippen LogP contribution in [0.5, 0.6) is 0 Å². The van der Waals surface area contributed by atoms with Gasteiger partial charge in [-0.25, -0.2) is 4.98 Å². The molecule has 96 valence electrons. The zero-order valence-corrected chi connectivity index (χ0v) is 11.4. The Labute approximate surface area is 112 Å². The van der Waals surface area contributed by atoms with Gasteiger partial charge in [-0.15, -0.1) is 0 Å². The van der Waals surface area contributed by atoms with E-state index in [1.165, 1.54) is 21.9 Å². The zero-order chi connectivity index (χ0) is 13.4. The molecule has 19 heavy (non-hydrogen) atoms. The molecule has 3 nitrogen and oxygen atoms in total. The molecule has 3 aromatic rings. The van der Waals surface area contributed by atoms with Gasteiger partial charge in [-0.3, -0.25) is 4.98 Å². The summed E-state index contributed by atoms with van der Waals surface area (Å²) in [6.45, 7) is 6.39. The molecule has 2 aromatic heterocycles. The van der Waals surface area contributed by atoms with E-state index in [4.69, 9.17) is 0 Å². The summed E-state index contributed by atoms with van der Waals surface area (Å²) in [6.07, 6.45) is 5.68. The molecule has 3 rings (SSSR count). The van der Waals surface area contributed by atoms with Gasteiger partial charge in [-0.05, 0) is 23.9 Å². The summed E-state index contributed by atoms with van der Waals surface area (Å²) in [6, 6.07) is 6.35. The third-order valence-electron chi connectivity index (χ3n) is 3.47. The number of pyridine rings is 1. The van der Waals surface area contributed by atoms with E-state index in [0.717, 1.165) is 11.5 Å². The lowest BCUT2D eigenvalue weighted by atomic mass is 10.0. The first-order valence-corrected chi connectivity index (χ1v) is 6.55. The first kappa shape index (κ1) is 11.9. The highest BCUT2D eigenvalue weighted by Crippen LogP contribution is 2.29. The highest BCUT2D eigenvalue weighted by atomic mass is 14.9. The Kier molecular flexibility index (Phi) is 2.82. The summed E-state index contributed by atoms with van der Waals surface area (Å²) in [7, 11) is 0. The Hall–Kier alpha value is -2.16. The lowest BCUT2D eigenvalue weighted by molar-refractivity contribution is 0.795. The van der Waals surface area contributed by atoms with Crippen molar-refractivity contribution in [1.29, 1.82) is 0 Å². The second kappa shape index (κ2) is 4.50. The van der Waals surface area contributed by atoms with E-state index < -0.39 is 0 Å². The molecule has 0 aliphatic rings. The van der Waals surface area contributed by atoms with Gasteiger partial charge in [0, 0.05) is 29.3 Å². The van der Waals surface area contributed by atoms with Crippen molar-refractivity contribution < 1.29 is 0 Å². The predicted molar refractivity (Wildman–Crippen MR) is 78.2 cm³/mol. The van der Waals surface area contributed by atoms with Crippen molar-refractivity contribution in [3.63, 3.8) is 0 Å². The smallest absolute Gasteiger partial charge is 0.109 e. The molecule has 0 radical (unpaired) electrons. The maximum absolute atomic E-state index is 4.45. The minimum Gasteiger partial charge on any atom is -0.342 e. The van der Waals surface area contributed by atoms with Crippen LogP contribution >= 0.6 is 0 Å². The van der Waals surface area contributed by atoms with Crippen LogP contribution in [0.25, 0.3) is 22.0 Å². The van der Waals surface area contributed by atoms with Crippen LogP contribution in [0.3, 0.4) is 0 Å². The predicted octanol–water partition coefficient (Wildman–Crippen LogP) is 4.06. The number of rotatable bonds is 2. The van der Waals surface area contributed by atoms with E-state index >= 15 is 0 Å². The maximum atomic E-state index is 4.45. The molecule has 0 amide bonds. The summed E-state index contributed by atoms with van der Waals surface area (Å²) in [5.74, 6) is 1.44. The molecular weight excluding hydrogens is 234 g/mol. The number of hydrogen-bond donors (Lipinski definition) is 1. The molecular formula is C16H17N3. The van der Waals surface area contributed by atoms with Crippen molar-refractivity contribution in [2.45, 2.75) is 26.7 Å². The average Bonchev–Trinajstić information content (AvgIpc) is 2.89. The van der Waals surface area contributed by atoms with Gasteiger partial charge >= 0.3 is 0 Å². The number of nitrogens with zero attached hydrogens (tertiary/aromatic N) is 2. The summed E-state index contributed by atoms with van der Waals surface area (Å²) in [4.78, 5) is 12.1. The zero-order valence-electron chi connectivity index (χ0n) is 11.4. The third kappa shape index (κ3) is 2.01. The summed E-state index contributed by atoms with van der Waals surface area (Å²) in [5, 5.41) is 2.41. The van der Waals surface area contributed by atoms with Crippen LogP contribution in [0, 0.1) is 6.92 Å². The van der Waals surface area contributed by atoms with Crippen molar-refractivity contribution in [2.24, 2.45) is 0 Å². The summed E-state index contributed by atoms with van der Waals surface area (Å²) < 4.78 is 0. The number of hydrogen-bond acceptors (Lipinski definition) is 2. The van der Waals surface area contributed by atoms with E-state index in [1.54, 1.807) is 0 Å². The molecule has 0 bridgehead atoms. The first-order valence-electron chi connectivity index (χ1n) is 6.55. The van der Waals surface area contributed by atoms with Crippen molar-refractivity contribution in [3.8, 4) is 11.3 Å². The van der Waals surface area contributed by atoms with Gasteiger partial charge in [0.1, 0.15) is 5.82 Å². The molecule has 0 aliphatic heterocycles. The molecule has 1 N–H and O–H groups in total. The topological polar surface area (TPSA) is 41.6 Å². The van der Waals surface area contributed by atoms with Gasteiger partial charge in [-0.2, -0.15) is 0 Å². The number of nitrogens with one attached hydrogen (secondary N) is 1. The Morgan fingerprint density at radius 3 is 2.63 bits per heavy atom. The second-order valence-corrected chi connectivity index (χ2v) is 5.19. The lowest BCUT2D eigenvalue weighted by Crippen LogP contribution is -1.90. The molecule has 1 aromatic carbocycles. The highest BCUT2D eigenvalue weighted by molar-refractivity contribution is 5.97. The number of aromatic nitrogens is 3. The minimum absolute atomic E-state index is 0.409. The van der Waals surface area contributed by atoms with Crippen molar-refractivity contribution in [1.82, 2.24) is 15.0 Å². The van der Waals surface area contributed by atoms with Crippen LogP contribution in [-0.4, -0.2) is 15.0 Å². The fraction of sp³-hybridized carbons (Fsp3) is 0.250. The Morgan fingerprint density at radius 1 is 1.05 bits per heavy atom. The lowest BCUT2D eigenvalue weighted by Gasteiger charge is -2.07. The van der Waals surface area contributed by atoms with Crippen molar-refractivity contribution >= 4 is 10.8 Å². The fourth-order valence-corrected chi connectivity index (χ4v) is 2.33. The highest BCUT2D eigenvalue weighted by Gasteiger charge is 2.10. The van der Waals surface area contributed by atoms with Gasteiger partial charge in [0.05, 0.1) is 11.9 Å². The second-order valence-electron chi connectivity index (χ2n) is 5.19. The van der Waals surface area contributed by atoms with Crippen LogP contribution < -0.4 is 0 Å². The van der Waals surface area contributed by atoms with Gasteiger partial charge < -0.3 is 4.98 Å². The van der Waals surface area contributed by atoms with Crippen LogP contribution in [0.2, 0.25) is 0 Å². The van der Waals surface area contributed by atoms with Gasteiger partial charge in [0.2, 0.25) is 0 Å². The van der Waals surface area contributed by atoms with Gasteiger partial charge in [-0.1, -0.05) is 26.0 Å². The first-order chi connectivity index (χ1) is 9.16. The normalized spacial score (nSPS) is 11.4. The Bertz CT molecular complexity index is 726. The number of benzene rings is 1.